The number of thiocarbonyl (C=S) groups is 1. The predicted molar refractivity (Wildman–Crippen MR) is 113 cm³/mol. The minimum absolute atomic E-state index is 0.610. The van der Waals surface area contributed by atoms with E-state index in [4.69, 9.17) is 17.0 Å². The Morgan fingerprint density at radius 3 is 2.58 bits per heavy atom. The average molecular weight is 370 g/mol. The zero-order valence-corrected chi connectivity index (χ0v) is 16.1. The van der Waals surface area contributed by atoms with E-state index in [0.29, 0.717) is 18.3 Å². The normalized spacial score (nSPS) is 14.0. The fourth-order valence-electron chi connectivity index (χ4n) is 3.16. The molecule has 138 valence electrons. The Balaban J connectivity index is 1.48. The highest BCUT2D eigenvalue weighted by molar-refractivity contribution is 7.80. The molecule has 0 saturated carbocycles. The summed E-state index contributed by atoms with van der Waals surface area (Å²) in [6, 6.07) is 16.6. The number of nitrogens with one attached hydrogen (secondary N) is 2. The number of nitrogens with zero attached hydrogens (tertiary/aromatic N) is 1. The second-order valence-electron chi connectivity index (χ2n) is 6.48. The van der Waals surface area contributed by atoms with Gasteiger partial charge in [-0.3, -0.25) is 0 Å². The summed E-state index contributed by atoms with van der Waals surface area (Å²) in [7, 11) is 0. The smallest absolute Gasteiger partial charge is 0.171 e. The quantitative estimate of drug-likeness (QED) is 0.730. The molecule has 0 bridgehead atoms. The molecule has 1 fully saturated rings. The fraction of sp³-hybridized carbons (Fsp3) is 0.381. The summed E-state index contributed by atoms with van der Waals surface area (Å²) in [5.41, 5.74) is 3.47. The first-order valence-electron chi connectivity index (χ1n) is 9.36. The summed E-state index contributed by atoms with van der Waals surface area (Å²) in [5.74, 6) is 0.841. The fourth-order valence-corrected chi connectivity index (χ4v) is 3.35. The summed E-state index contributed by atoms with van der Waals surface area (Å²) < 4.78 is 5.51. The number of benzene rings is 2. The molecule has 0 aliphatic carbocycles. The second kappa shape index (κ2) is 9.43. The summed E-state index contributed by atoms with van der Waals surface area (Å²) in [6.45, 7) is 5.68. The second-order valence-corrected chi connectivity index (χ2v) is 6.89. The van der Waals surface area contributed by atoms with Gasteiger partial charge < -0.3 is 20.3 Å². The first-order valence-corrected chi connectivity index (χ1v) is 9.77. The topological polar surface area (TPSA) is 36.5 Å². The molecule has 4 nitrogen and oxygen atoms in total. The lowest BCUT2D eigenvalue weighted by Crippen LogP contribution is -2.29. The van der Waals surface area contributed by atoms with E-state index in [1.54, 1.807) is 0 Å². The molecule has 2 N–H and O–H groups in total. The molecular weight excluding hydrogens is 342 g/mol. The van der Waals surface area contributed by atoms with Gasteiger partial charge in [-0.25, -0.2) is 0 Å². The Kier molecular flexibility index (Phi) is 6.72. The highest BCUT2D eigenvalue weighted by Gasteiger charge is 2.10. The number of anilines is 2. The highest BCUT2D eigenvalue weighted by Crippen LogP contribution is 2.20. The molecular formula is C21H27N3OS. The van der Waals surface area contributed by atoms with Crippen molar-refractivity contribution < 1.29 is 4.74 Å². The number of rotatable bonds is 6. The molecule has 5 heteroatoms. The van der Waals surface area contributed by atoms with Gasteiger partial charge in [-0.1, -0.05) is 18.2 Å². The molecule has 2 aromatic carbocycles. The first kappa shape index (κ1) is 18.5. The number of ether oxygens (including phenoxy) is 1. The van der Waals surface area contributed by atoms with E-state index in [-0.39, 0.29) is 0 Å². The maximum atomic E-state index is 5.51. The molecule has 0 aromatic heterocycles. The zero-order valence-electron chi connectivity index (χ0n) is 15.3. The van der Waals surface area contributed by atoms with E-state index >= 15 is 0 Å². The van der Waals surface area contributed by atoms with Gasteiger partial charge in [0.15, 0.2) is 5.11 Å². The molecule has 3 rings (SSSR count). The van der Waals surface area contributed by atoms with Gasteiger partial charge in [-0.05, 0) is 68.2 Å². The standard InChI is InChI=1S/C21H27N3OS/c1-2-25-20-8-6-7-18(15-20)23-21(26)22-16-17-9-11-19(12-10-17)24-13-4-3-5-14-24/h6-12,15H,2-5,13-14,16H2,1H3,(H2,22,23,26). The van der Waals surface area contributed by atoms with Gasteiger partial charge in [0, 0.05) is 37.1 Å². The first-order chi connectivity index (χ1) is 12.7. The van der Waals surface area contributed by atoms with Crippen molar-refractivity contribution >= 4 is 28.7 Å². The molecule has 1 aliphatic rings. The summed E-state index contributed by atoms with van der Waals surface area (Å²) in [6.07, 6.45) is 3.96. The van der Waals surface area contributed by atoms with Crippen molar-refractivity contribution in [2.45, 2.75) is 32.7 Å². The lowest BCUT2D eigenvalue weighted by atomic mass is 10.1. The van der Waals surface area contributed by atoms with Crippen LogP contribution in [0.1, 0.15) is 31.7 Å². The Morgan fingerprint density at radius 1 is 1.08 bits per heavy atom. The number of hydrogen-bond donors (Lipinski definition) is 2. The number of piperidine rings is 1. The van der Waals surface area contributed by atoms with Crippen molar-refractivity contribution in [3.8, 4) is 5.75 Å². The summed E-state index contributed by atoms with van der Waals surface area (Å²) in [4.78, 5) is 2.47. The van der Waals surface area contributed by atoms with Crippen molar-refractivity contribution in [3.05, 3.63) is 54.1 Å². The Bertz CT molecular complexity index is 711. The van der Waals surface area contributed by atoms with Crippen LogP contribution < -0.4 is 20.3 Å². The van der Waals surface area contributed by atoms with E-state index in [0.717, 1.165) is 11.4 Å². The van der Waals surface area contributed by atoms with Crippen LogP contribution >= 0.6 is 12.2 Å². The van der Waals surface area contributed by atoms with E-state index in [9.17, 15) is 0 Å². The van der Waals surface area contributed by atoms with E-state index in [1.807, 2.05) is 31.2 Å². The van der Waals surface area contributed by atoms with Crippen LogP contribution in [0.2, 0.25) is 0 Å². The lowest BCUT2D eigenvalue weighted by molar-refractivity contribution is 0.340. The Hall–Kier alpha value is -2.27. The molecule has 1 heterocycles. The van der Waals surface area contributed by atoms with Crippen molar-refractivity contribution in [1.29, 1.82) is 0 Å². The molecule has 0 radical (unpaired) electrons. The molecule has 0 spiro atoms. The summed E-state index contributed by atoms with van der Waals surface area (Å²) in [5, 5.41) is 7.08. The molecule has 26 heavy (non-hydrogen) atoms. The monoisotopic (exact) mass is 369 g/mol. The van der Waals surface area contributed by atoms with Crippen LogP contribution in [-0.2, 0) is 6.54 Å². The molecule has 2 aromatic rings. The molecule has 0 atom stereocenters. The van der Waals surface area contributed by atoms with Gasteiger partial charge in [0.25, 0.3) is 0 Å². The number of hydrogen-bond acceptors (Lipinski definition) is 3. The van der Waals surface area contributed by atoms with Crippen molar-refractivity contribution in [1.82, 2.24) is 5.32 Å². The third-order valence-corrected chi connectivity index (χ3v) is 4.76. The highest BCUT2D eigenvalue weighted by atomic mass is 32.1. The Labute approximate surface area is 161 Å². The maximum Gasteiger partial charge on any atom is 0.171 e. The van der Waals surface area contributed by atoms with Gasteiger partial charge in [0.2, 0.25) is 0 Å². The van der Waals surface area contributed by atoms with E-state index < -0.39 is 0 Å². The Morgan fingerprint density at radius 2 is 1.85 bits per heavy atom. The van der Waals surface area contributed by atoms with E-state index in [1.165, 1.54) is 43.6 Å². The van der Waals surface area contributed by atoms with Crippen LogP contribution in [0.15, 0.2) is 48.5 Å². The summed E-state index contributed by atoms with van der Waals surface area (Å²) >= 11 is 5.40. The molecule has 1 saturated heterocycles. The van der Waals surface area contributed by atoms with Crippen molar-refractivity contribution in [2.24, 2.45) is 0 Å². The minimum atomic E-state index is 0.610. The van der Waals surface area contributed by atoms with Crippen LogP contribution in [0.3, 0.4) is 0 Å². The predicted octanol–water partition coefficient (Wildman–Crippen LogP) is 4.56. The van der Waals surface area contributed by atoms with Crippen LogP contribution in [0.5, 0.6) is 5.75 Å². The average Bonchev–Trinajstić information content (AvgIpc) is 2.68. The molecule has 0 unspecified atom stereocenters. The van der Waals surface area contributed by atoms with Crippen LogP contribution in [0.4, 0.5) is 11.4 Å². The zero-order chi connectivity index (χ0) is 18.2. The third kappa shape index (κ3) is 5.36. The van der Waals surface area contributed by atoms with Gasteiger partial charge in [0.05, 0.1) is 6.61 Å². The maximum absolute atomic E-state index is 5.51. The van der Waals surface area contributed by atoms with E-state index in [2.05, 4.69) is 39.8 Å². The van der Waals surface area contributed by atoms with Crippen LogP contribution in [0.25, 0.3) is 0 Å². The van der Waals surface area contributed by atoms with Gasteiger partial charge >= 0.3 is 0 Å². The van der Waals surface area contributed by atoms with Gasteiger partial charge in [-0.15, -0.1) is 0 Å². The molecule has 1 aliphatic heterocycles. The van der Waals surface area contributed by atoms with Gasteiger partial charge in [0.1, 0.15) is 5.75 Å². The SMILES string of the molecule is CCOc1cccc(NC(=S)NCc2ccc(N3CCCCC3)cc2)c1. The van der Waals surface area contributed by atoms with Crippen LogP contribution in [0, 0.1) is 0 Å². The lowest BCUT2D eigenvalue weighted by Gasteiger charge is -2.28. The largest absolute Gasteiger partial charge is 0.494 e. The minimum Gasteiger partial charge on any atom is -0.494 e. The van der Waals surface area contributed by atoms with Crippen molar-refractivity contribution in [3.63, 3.8) is 0 Å². The third-order valence-electron chi connectivity index (χ3n) is 4.51. The van der Waals surface area contributed by atoms with Gasteiger partial charge in [-0.2, -0.15) is 0 Å². The molecule has 0 amide bonds. The van der Waals surface area contributed by atoms with Crippen LogP contribution in [-0.4, -0.2) is 24.8 Å². The van der Waals surface area contributed by atoms with Crippen molar-refractivity contribution in [2.75, 3.05) is 29.9 Å².